The van der Waals surface area contributed by atoms with E-state index in [4.69, 9.17) is 0 Å². The van der Waals surface area contributed by atoms with E-state index in [0.717, 1.165) is 61.7 Å². The number of hydrogen-bond acceptors (Lipinski definition) is 2. The van der Waals surface area contributed by atoms with Crippen LogP contribution in [0.5, 0.6) is 0 Å². The summed E-state index contributed by atoms with van der Waals surface area (Å²) in [6.07, 6.45) is 0. The highest BCUT2D eigenvalue weighted by molar-refractivity contribution is 6.12. The van der Waals surface area contributed by atoms with Crippen molar-refractivity contribution >= 4 is 38.9 Å². The van der Waals surface area contributed by atoms with Gasteiger partial charge in [0, 0.05) is 38.7 Å². The van der Waals surface area contributed by atoms with Crippen LogP contribution in [0.3, 0.4) is 0 Å². The molecule has 0 saturated carbocycles. The summed E-state index contributed by atoms with van der Waals surface area (Å²) in [5.41, 5.74) is 19.1. The Balaban J connectivity index is 0.999. The Morgan fingerprint density at radius 2 is 0.855 bits per heavy atom. The van der Waals surface area contributed by atoms with Gasteiger partial charge in [-0.1, -0.05) is 147 Å². The molecule has 3 nitrogen and oxygen atoms in total. The predicted molar refractivity (Wildman–Crippen MR) is 258 cm³/mol. The number of anilines is 3. The smallest absolute Gasteiger partial charge is 0.116 e. The highest BCUT2D eigenvalue weighted by Crippen LogP contribution is 2.54. The van der Waals surface area contributed by atoms with Crippen molar-refractivity contribution in [2.24, 2.45) is 0 Å². The van der Waals surface area contributed by atoms with Crippen molar-refractivity contribution in [2.75, 3.05) is 4.90 Å². The standard InChI is InChI=1S/C59H44N2O/c1-58(2)50-22-14-13-21-46(50)47-36-49-48-33-41(25-30-54(48)60(57(49)37-51(47)58)44-19-11-6-12-20-44)40-23-28-45(29-24-40)61-55-31-26-42(38-15-7-4-8-16-38)34-52(55)59(3,62)53-35-43(27-32-56(53)61)39-17-9-5-10-18-39/h4-37,62H,1-3H3. The Hall–Kier alpha value is -7.46. The summed E-state index contributed by atoms with van der Waals surface area (Å²) in [6.45, 7) is 6.65. The van der Waals surface area contributed by atoms with Gasteiger partial charge in [-0.3, -0.25) is 0 Å². The molecule has 0 saturated heterocycles. The van der Waals surface area contributed by atoms with Crippen LogP contribution in [-0.2, 0) is 11.0 Å². The Morgan fingerprint density at radius 1 is 0.355 bits per heavy atom. The van der Waals surface area contributed by atoms with E-state index in [0.29, 0.717) is 0 Å². The van der Waals surface area contributed by atoms with Crippen molar-refractivity contribution in [1.82, 2.24) is 4.57 Å². The van der Waals surface area contributed by atoms with Gasteiger partial charge in [0.15, 0.2) is 0 Å². The second-order valence-corrected chi connectivity index (χ2v) is 17.6. The first-order valence-electron chi connectivity index (χ1n) is 21.6. The number of aliphatic hydroxyl groups is 1. The molecule has 1 aliphatic heterocycles. The molecular weight excluding hydrogens is 753 g/mol. The van der Waals surface area contributed by atoms with Crippen LogP contribution in [-0.4, -0.2) is 9.67 Å². The van der Waals surface area contributed by atoms with Crippen LogP contribution in [0.25, 0.3) is 72.0 Å². The van der Waals surface area contributed by atoms with Gasteiger partial charge in [-0.15, -0.1) is 0 Å². The molecule has 0 amide bonds. The number of para-hydroxylation sites is 1. The molecule has 0 unspecified atom stereocenters. The lowest BCUT2D eigenvalue weighted by Crippen LogP contribution is -2.33. The number of rotatable bonds is 5. The fourth-order valence-electron chi connectivity index (χ4n) is 10.5. The number of benzene rings is 9. The molecule has 1 N–H and O–H groups in total. The minimum absolute atomic E-state index is 0.0927. The first kappa shape index (κ1) is 36.4. The van der Waals surface area contributed by atoms with Gasteiger partial charge in [-0.25, -0.2) is 0 Å². The molecule has 62 heavy (non-hydrogen) atoms. The summed E-state index contributed by atoms with van der Waals surface area (Å²) >= 11 is 0. The van der Waals surface area contributed by atoms with E-state index >= 15 is 0 Å². The van der Waals surface area contributed by atoms with E-state index in [1.807, 2.05) is 19.1 Å². The topological polar surface area (TPSA) is 28.4 Å². The summed E-state index contributed by atoms with van der Waals surface area (Å²) in [4.78, 5) is 2.31. The minimum atomic E-state index is -1.23. The summed E-state index contributed by atoms with van der Waals surface area (Å²) in [7, 11) is 0. The van der Waals surface area contributed by atoms with Crippen molar-refractivity contribution in [3.05, 3.63) is 229 Å². The van der Waals surface area contributed by atoms with Crippen LogP contribution in [0, 0.1) is 0 Å². The molecular formula is C59H44N2O. The molecule has 2 heterocycles. The van der Waals surface area contributed by atoms with Crippen LogP contribution in [0.4, 0.5) is 17.1 Å². The lowest BCUT2D eigenvalue weighted by Gasteiger charge is -2.41. The van der Waals surface area contributed by atoms with Crippen LogP contribution in [0.15, 0.2) is 206 Å². The van der Waals surface area contributed by atoms with Gasteiger partial charge in [0.25, 0.3) is 0 Å². The molecule has 296 valence electrons. The summed E-state index contributed by atoms with van der Waals surface area (Å²) in [6, 6.07) is 74.3. The molecule has 2 aliphatic rings. The van der Waals surface area contributed by atoms with Crippen LogP contribution >= 0.6 is 0 Å². The van der Waals surface area contributed by atoms with E-state index < -0.39 is 5.60 Å². The van der Waals surface area contributed by atoms with Crippen LogP contribution < -0.4 is 4.90 Å². The monoisotopic (exact) mass is 796 g/mol. The highest BCUT2D eigenvalue weighted by Gasteiger charge is 2.40. The zero-order chi connectivity index (χ0) is 41.7. The van der Waals surface area contributed by atoms with E-state index in [-0.39, 0.29) is 5.41 Å². The van der Waals surface area contributed by atoms with Crippen molar-refractivity contribution in [3.63, 3.8) is 0 Å². The van der Waals surface area contributed by atoms with Crippen molar-refractivity contribution < 1.29 is 5.11 Å². The van der Waals surface area contributed by atoms with Gasteiger partial charge in [-0.05, 0) is 135 Å². The maximum atomic E-state index is 12.6. The first-order valence-corrected chi connectivity index (χ1v) is 21.6. The molecule has 0 fully saturated rings. The highest BCUT2D eigenvalue weighted by atomic mass is 16.3. The van der Waals surface area contributed by atoms with Gasteiger partial charge in [0.05, 0.1) is 22.4 Å². The van der Waals surface area contributed by atoms with Crippen LogP contribution in [0.2, 0.25) is 0 Å². The molecule has 0 spiro atoms. The Labute approximate surface area is 362 Å². The molecule has 0 radical (unpaired) electrons. The lowest BCUT2D eigenvalue weighted by molar-refractivity contribution is 0.102. The molecule has 3 heteroatoms. The number of fused-ring (bicyclic) bond motifs is 8. The number of hydrogen-bond donors (Lipinski definition) is 1. The van der Waals surface area contributed by atoms with Crippen LogP contribution in [0.1, 0.15) is 43.0 Å². The summed E-state index contributed by atoms with van der Waals surface area (Å²) in [5.74, 6) is 0. The molecule has 0 bridgehead atoms. The van der Waals surface area contributed by atoms with Gasteiger partial charge >= 0.3 is 0 Å². The summed E-state index contributed by atoms with van der Waals surface area (Å²) in [5, 5.41) is 15.1. The maximum absolute atomic E-state index is 12.6. The van der Waals surface area contributed by atoms with E-state index in [2.05, 4.69) is 217 Å². The van der Waals surface area contributed by atoms with Gasteiger partial charge in [0.2, 0.25) is 0 Å². The fraction of sp³-hybridized carbons (Fsp3) is 0.0847. The molecule has 1 aliphatic carbocycles. The molecule has 9 aromatic carbocycles. The third-order valence-corrected chi connectivity index (χ3v) is 13.7. The summed E-state index contributed by atoms with van der Waals surface area (Å²) < 4.78 is 2.43. The van der Waals surface area contributed by atoms with E-state index in [1.165, 1.54) is 49.6 Å². The molecule has 1 aromatic heterocycles. The molecule has 12 rings (SSSR count). The van der Waals surface area contributed by atoms with Crippen molar-refractivity contribution in [1.29, 1.82) is 0 Å². The second kappa shape index (κ2) is 13.5. The predicted octanol–water partition coefficient (Wildman–Crippen LogP) is 15.1. The Kier molecular flexibility index (Phi) is 7.94. The zero-order valence-electron chi connectivity index (χ0n) is 35.0. The average molecular weight is 797 g/mol. The van der Waals surface area contributed by atoms with Crippen molar-refractivity contribution in [2.45, 2.75) is 31.8 Å². The zero-order valence-corrected chi connectivity index (χ0v) is 35.0. The number of nitrogens with zero attached hydrogens (tertiary/aromatic N) is 2. The van der Waals surface area contributed by atoms with Crippen molar-refractivity contribution in [3.8, 4) is 50.2 Å². The minimum Gasteiger partial charge on any atom is -0.381 e. The molecule has 10 aromatic rings. The molecule has 0 atom stereocenters. The van der Waals surface area contributed by atoms with E-state index in [9.17, 15) is 5.11 Å². The fourth-order valence-corrected chi connectivity index (χ4v) is 10.5. The number of aromatic nitrogens is 1. The first-order chi connectivity index (χ1) is 30.3. The SMILES string of the molecule is CC1(C)c2ccccc2-c2cc3c4cc(-c5ccc(N6c7ccc(-c8ccccc8)cc7C(C)(O)c7cc(-c8ccccc8)ccc76)cc5)ccc4n(-c4ccccc4)c3cc21. The van der Waals surface area contributed by atoms with Gasteiger partial charge in [-0.2, -0.15) is 0 Å². The maximum Gasteiger partial charge on any atom is 0.116 e. The van der Waals surface area contributed by atoms with Gasteiger partial charge in [0.1, 0.15) is 5.60 Å². The Morgan fingerprint density at radius 3 is 1.48 bits per heavy atom. The lowest BCUT2D eigenvalue weighted by atomic mass is 9.79. The second-order valence-electron chi connectivity index (χ2n) is 17.6. The van der Waals surface area contributed by atoms with E-state index in [1.54, 1.807) is 0 Å². The third kappa shape index (κ3) is 5.42. The average Bonchev–Trinajstić information content (AvgIpc) is 3.76. The quantitative estimate of drug-likeness (QED) is 0.188. The third-order valence-electron chi connectivity index (χ3n) is 13.7. The normalized spacial score (nSPS) is 14.4. The van der Waals surface area contributed by atoms with Gasteiger partial charge < -0.3 is 14.6 Å². The Bertz CT molecular complexity index is 3290. The largest absolute Gasteiger partial charge is 0.381 e.